The zero-order chi connectivity index (χ0) is 13.0. The second-order valence-electron chi connectivity index (χ2n) is 3.91. The predicted molar refractivity (Wildman–Crippen MR) is 74.9 cm³/mol. The van der Waals surface area contributed by atoms with Crippen LogP contribution in [0.15, 0.2) is 6.07 Å². The molecule has 0 saturated carbocycles. The van der Waals surface area contributed by atoms with Crippen molar-refractivity contribution < 1.29 is 19.9 Å². The van der Waals surface area contributed by atoms with Gasteiger partial charge >= 0.3 is 0 Å². The average molecular weight is 352 g/mol. The van der Waals surface area contributed by atoms with Gasteiger partial charge in [0.1, 0.15) is 5.75 Å². The fraction of sp³-hybridized carbons (Fsp3) is 0.500. The van der Waals surface area contributed by atoms with Crippen LogP contribution in [0.3, 0.4) is 0 Å². The van der Waals surface area contributed by atoms with E-state index in [1.807, 2.05) is 6.07 Å². The molecular formula is C12H19INO3+. The van der Waals surface area contributed by atoms with Crippen molar-refractivity contribution in [2.45, 2.75) is 19.4 Å². The number of hydrogen-bond donors (Lipinski definition) is 1. The number of methoxy groups -OCH3 is 3. The van der Waals surface area contributed by atoms with Crippen LogP contribution in [-0.2, 0) is 6.42 Å². The lowest BCUT2D eigenvalue weighted by atomic mass is 10.0. The molecule has 96 valence electrons. The van der Waals surface area contributed by atoms with Gasteiger partial charge in [-0.05, 0) is 29.5 Å². The number of quaternary nitrogens is 1. The van der Waals surface area contributed by atoms with Crippen molar-refractivity contribution in [1.29, 1.82) is 0 Å². The van der Waals surface area contributed by atoms with Gasteiger partial charge in [0.15, 0.2) is 11.5 Å². The van der Waals surface area contributed by atoms with Gasteiger partial charge in [0, 0.05) is 18.1 Å². The molecule has 0 radical (unpaired) electrons. The minimum atomic E-state index is 0.278. The summed E-state index contributed by atoms with van der Waals surface area (Å²) in [5.41, 5.74) is 5.03. The molecule has 0 aliphatic rings. The maximum Gasteiger partial charge on any atom is 0.167 e. The lowest BCUT2D eigenvalue weighted by Crippen LogP contribution is -2.60. The molecule has 0 heterocycles. The first-order chi connectivity index (χ1) is 8.04. The molecule has 1 rings (SSSR count). The average Bonchev–Trinajstić information content (AvgIpc) is 2.28. The molecule has 0 spiro atoms. The maximum absolute atomic E-state index is 5.45. The highest BCUT2D eigenvalue weighted by Crippen LogP contribution is 2.41. The maximum atomic E-state index is 5.45. The number of rotatable bonds is 5. The summed E-state index contributed by atoms with van der Waals surface area (Å²) < 4.78 is 17.2. The van der Waals surface area contributed by atoms with Crippen LogP contribution in [0.25, 0.3) is 0 Å². The monoisotopic (exact) mass is 352 g/mol. The summed E-state index contributed by atoms with van der Waals surface area (Å²) in [5.74, 6) is 2.31. The number of benzene rings is 1. The van der Waals surface area contributed by atoms with Crippen molar-refractivity contribution in [2.24, 2.45) is 0 Å². The predicted octanol–water partition coefficient (Wildman–Crippen LogP) is 1.49. The van der Waals surface area contributed by atoms with Gasteiger partial charge in [0.25, 0.3) is 0 Å². The van der Waals surface area contributed by atoms with E-state index in [1.165, 1.54) is 0 Å². The van der Waals surface area contributed by atoms with Gasteiger partial charge < -0.3 is 19.9 Å². The Morgan fingerprint density at radius 1 is 1.18 bits per heavy atom. The van der Waals surface area contributed by atoms with E-state index in [-0.39, 0.29) is 6.04 Å². The van der Waals surface area contributed by atoms with Gasteiger partial charge in [-0.2, -0.15) is 0 Å². The Morgan fingerprint density at radius 3 is 2.18 bits per heavy atom. The Balaban J connectivity index is 3.41. The first-order valence-corrected chi connectivity index (χ1v) is 6.43. The summed E-state index contributed by atoms with van der Waals surface area (Å²) in [6, 6.07) is 2.19. The van der Waals surface area contributed by atoms with Crippen molar-refractivity contribution in [3.8, 4) is 17.2 Å². The summed E-state index contributed by atoms with van der Waals surface area (Å²) >= 11 is 2.23. The summed E-state index contributed by atoms with van der Waals surface area (Å²) in [7, 11) is 4.94. The SMILES string of the molecule is COc1cc(I)c(OC)c(CC(C)[NH3+])c1OC. The van der Waals surface area contributed by atoms with Crippen LogP contribution in [0.5, 0.6) is 17.2 Å². The van der Waals surface area contributed by atoms with Crippen LogP contribution in [0.2, 0.25) is 0 Å². The molecule has 1 aromatic rings. The van der Waals surface area contributed by atoms with E-state index in [0.717, 1.165) is 32.8 Å². The van der Waals surface area contributed by atoms with Crippen LogP contribution in [0.4, 0.5) is 0 Å². The molecule has 0 aliphatic carbocycles. The highest BCUT2D eigenvalue weighted by molar-refractivity contribution is 14.1. The van der Waals surface area contributed by atoms with Crippen LogP contribution in [-0.4, -0.2) is 27.4 Å². The van der Waals surface area contributed by atoms with E-state index in [2.05, 4.69) is 35.2 Å². The Labute approximate surface area is 116 Å². The van der Waals surface area contributed by atoms with Gasteiger partial charge in [-0.15, -0.1) is 0 Å². The van der Waals surface area contributed by atoms with Crippen molar-refractivity contribution in [2.75, 3.05) is 21.3 Å². The van der Waals surface area contributed by atoms with Crippen molar-refractivity contribution >= 4 is 22.6 Å². The van der Waals surface area contributed by atoms with E-state index in [1.54, 1.807) is 21.3 Å². The second kappa shape index (κ2) is 6.30. The quantitative estimate of drug-likeness (QED) is 0.817. The van der Waals surface area contributed by atoms with Gasteiger partial charge in [0.05, 0.1) is 30.9 Å². The topological polar surface area (TPSA) is 55.3 Å². The number of hydrogen-bond acceptors (Lipinski definition) is 3. The third-order valence-electron chi connectivity index (χ3n) is 2.43. The Kier molecular flexibility index (Phi) is 5.32. The first-order valence-electron chi connectivity index (χ1n) is 5.35. The number of ether oxygens (including phenoxy) is 3. The van der Waals surface area contributed by atoms with Gasteiger partial charge in [0.2, 0.25) is 0 Å². The van der Waals surface area contributed by atoms with Crippen LogP contribution in [0.1, 0.15) is 12.5 Å². The van der Waals surface area contributed by atoms with Crippen molar-refractivity contribution in [3.05, 3.63) is 15.2 Å². The minimum Gasteiger partial charge on any atom is -0.495 e. The first kappa shape index (κ1) is 14.4. The molecule has 4 nitrogen and oxygen atoms in total. The van der Waals surface area contributed by atoms with E-state index < -0.39 is 0 Å². The van der Waals surface area contributed by atoms with E-state index >= 15 is 0 Å². The summed E-state index contributed by atoms with van der Waals surface area (Å²) in [4.78, 5) is 0. The molecule has 0 bridgehead atoms. The third-order valence-corrected chi connectivity index (χ3v) is 3.23. The third kappa shape index (κ3) is 3.16. The van der Waals surface area contributed by atoms with Gasteiger partial charge in [-0.3, -0.25) is 0 Å². The van der Waals surface area contributed by atoms with E-state index in [9.17, 15) is 0 Å². The fourth-order valence-electron chi connectivity index (χ4n) is 1.77. The lowest BCUT2D eigenvalue weighted by Gasteiger charge is -2.18. The van der Waals surface area contributed by atoms with Crippen molar-refractivity contribution in [1.82, 2.24) is 0 Å². The van der Waals surface area contributed by atoms with Crippen LogP contribution >= 0.6 is 22.6 Å². The largest absolute Gasteiger partial charge is 0.495 e. The molecule has 1 atom stereocenters. The van der Waals surface area contributed by atoms with Crippen LogP contribution in [0, 0.1) is 3.57 Å². The summed E-state index contributed by atoms with van der Waals surface area (Å²) in [5, 5.41) is 0. The molecule has 0 amide bonds. The second-order valence-corrected chi connectivity index (χ2v) is 5.08. The molecule has 0 saturated heterocycles. The Morgan fingerprint density at radius 2 is 1.76 bits per heavy atom. The summed E-state index contributed by atoms with van der Waals surface area (Å²) in [6.45, 7) is 2.06. The molecule has 0 fully saturated rings. The zero-order valence-electron chi connectivity index (χ0n) is 10.7. The van der Waals surface area contributed by atoms with Crippen molar-refractivity contribution in [3.63, 3.8) is 0 Å². The smallest absolute Gasteiger partial charge is 0.167 e. The Bertz CT molecular complexity index is 394. The highest BCUT2D eigenvalue weighted by atomic mass is 127. The molecule has 3 N–H and O–H groups in total. The molecular weight excluding hydrogens is 333 g/mol. The fourth-order valence-corrected chi connectivity index (χ4v) is 2.60. The molecule has 1 aromatic carbocycles. The molecule has 0 aromatic heterocycles. The molecule has 1 unspecified atom stereocenters. The normalized spacial score (nSPS) is 12.1. The number of halogens is 1. The standard InChI is InChI=1S/C12H18INO3/c1-7(14)5-8-11(16-3)9(13)6-10(15-2)12(8)17-4/h6-7H,5,14H2,1-4H3/p+1. The van der Waals surface area contributed by atoms with E-state index in [0.29, 0.717) is 0 Å². The lowest BCUT2D eigenvalue weighted by molar-refractivity contribution is -0.413. The van der Waals surface area contributed by atoms with Gasteiger partial charge in [-0.1, -0.05) is 0 Å². The molecule has 0 aliphatic heterocycles. The Hall–Kier alpha value is -0.690. The van der Waals surface area contributed by atoms with Crippen LogP contribution < -0.4 is 19.9 Å². The minimum absolute atomic E-state index is 0.278. The highest BCUT2D eigenvalue weighted by Gasteiger charge is 2.20. The molecule has 17 heavy (non-hydrogen) atoms. The van der Waals surface area contributed by atoms with E-state index in [4.69, 9.17) is 14.2 Å². The molecule has 5 heteroatoms. The summed E-state index contributed by atoms with van der Waals surface area (Å²) in [6.07, 6.45) is 0.791. The zero-order valence-corrected chi connectivity index (χ0v) is 12.8. The van der Waals surface area contributed by atoms with Gasteiger partial charge in [-0.25, -0.2) is 0 Å².